The van der Waals surface area contributed by atoms with E-state index in [1.165, 1.54) is 17.8 Å². The molecule has 2 fully saturated rings. The number of ether oxygens (including phenoxy) is 2. The Morgan fingerprint density at radius 3 is 2.61 bits per heavy atom. The molecule has 1 amide bonds. The number of amides is 1. The zero-order chi connectivity index (χ0) is 26.9. The Kier molecular flexibility index (Phi) is 7.29. The first-order valence-corrected chi connectivity index (χ1v) is 13.2. The highest BCUT2D eigenvalue weighted by Gasteiger charge is 2.35. The van der Waals surface area contributed by atoms with Crippen LogP contribution in [0.1, 0.15) is 69.5 Å². The van der Waals surface area contributed by atoms with Gasteiger partial charge < -0.3 is 20.1 Å². The fourth-order valence-corrected chi connectivity index (χ4v) is 5.33. The summed E-state index contributed by atoms with van der Waals surface area (Å²) in [5, 5.41) is 0. The minimum absolute atomic E-state index is 0.0989. The van der Waals surface area contributed by atoms with Gasteiger partial charge in [-0.3, -0.25) is 0 Å². The summed E-state index contributed by atoms with van der Waals surface area (Å²) >= 11 is 0. The fraction of sp³-hybridized carbons (Fsp3) is 0.448. The number of pyridine rings is 1. The molecule has 0 saturated carbocycles. The molecule has 200 valence electrons. The molecule has 0 bridgehead atoms. The predicted molar refractivity (Wildman–Crippen MR) is 143 cm³/mol. The molecule has 38 heavy (non-hydrogen) atoms. The van der Waals surface area contributed by atoms with Crippen molar-refractivity contribution in [3.8, 4) is 22.5 Å². The summed E-state index contributed by atoms with van der Waals surface area (Å²) < 4.78 is 25.2. The summed E-state index contributed by atoms with van der Waals surface area (Å²) in [6.07, 6.45) is 6.34. The van der Waals surface area contributed by atoms with Crippen LogP contribution in [0.5, 0.6) is 0 Å². The van der Waals surface area contributed by atoms with Crippen molar-refractivity contribution in [2.75, 3.05) is 25.5 Å². The van der Waals surface area contributed by atoms with Crippen LogP contribution in [-0.4, -0.2) is 51.3 Å². The number of likely N-dealkylation sites (tertiary alicyclic amines) is 1. The van der Waals surface area contributed by atoms with Crippen molar-refractivity contribution in [2.24, 2.45) is 0 Å². The molecule has 2 N–H and O–H groups in total. The van der Waals surface area contributed by atoms with Crippen LogP contribution < -0.4 is 5.73 Å². The molecule has 1 atom stereocenters. The van der Waals surface area contributed by atoms with Gasteiger partial charge in [-0.05, 0) is 75.6 Å². The van der Waals surface area contributed by atoms with Crippen LogP contribution in [0.25, 0.3) is 22.5 Å². The smallest absolute Gasteiger partial charge is 0.410 e. The van der Waals surface area contributed by atoms with Crippen molar-refractivity contribution < 1.29 is 18.7 Å². The first-order chi connectivity index (χ1) is 18.2. The van der Waals surface area contributed by atoms with Crippen LogP contribution in [0.4, 0.5) is 15.0 Å². The molecule has 0 spiro atoms. The Morgan fingerprint density at radius 1 is 1.08 bits per heavy atom. The van der Waals surface area contributed by atoms with Gasteiger partial charge in [0.15, 0.2) is 0 Å². The first-order valence-electron chi connectivity index (χ1n) is 13.2. The lowest BCUT2D eigenvalue weighted by Crippen LogP contribution is -2.36. The third-order valence-corrected chi connectivity index (χ3v) is 7.08. The maximum Gasteiger partial charge on any atom is 0.410 e. The van der Waals surface area contributed by atoms with Crippen molar-refractivity contribution >= 4 is 11.9 Å². The van der Waals surface area contributed by atoms with Gasteiger partial charge in [0.1, 0.15) is 17.1 Å². The second-order valence-electron chi connectivity index (χ2n) is 10.9. The highest BCUT2D eigenvalue weighted by molar-refractivity contribution is 5.74. The van der Waals surface area contributed by atoms with E-state index in [9.17, 15) is 9.18 Å². The summed E-state index contributed by atoms with van der Waals surface area (Å²) in [6.45, 7) is 7.75. The van der Waals surface area contributed by atoms with Gasteiger partial charge in [0.2, 0.25) is 5.95 Å². The molecule has 3 aromatic rings. The number of nitrogens with two attached hydrogens (primary N) is 1. The molecule has 0 unspecified atom stereocenters. The van der Waals surface area contributed by atoms with Gasteiger partial charge in [0.05, 0.1) is 17.9 Å². The summed E-state index contributed by atoms with van der Waals surface area (Å²) in [5.74, 6) is -0.0484. The number of hydrogen-bond donors (Lipinski definition) is 1. The highest BCUT2D eigenvalue weighted by Crippen LogP contribution is 2.41. The van der Waals surface area contributed by atoms with Crippen LogP contribution in [-0.2, 0) is 9.47 Å². The second-order valence-corrected chi connectivity index (χ2v) is 10.9. The van der Waals surface area contributed by atoms with Crippen molar-refractivity contribution in [2.45, 2.75) is 64.0 Å². The standard InChI is InChI=1S/C29H34FN5O3/c1-29(2,3)38-28(36)35-12-4-5-24(35)22-15-19(6-7-21(22)18-9-13-37-14-10-18)23-17-33-27(31)26(34-23)20-8-11-32-25(30)16-20/h6-8,11,15-18,24H,4-5,9-10,12-14H2,1-3H3,(H2,31,33)/t24-/m0/s1. The monoisotopic (exact) mass is 519 g/mol. The summed E-state index contributed by atoms with van der Waals surface area (Å²) in [7, 11) is 0. The molecule has 4 heterocycles. The molecule has 1 aromatic carbocycles. The lowest BCUT2D eigenvalue weighted by Gasteiger charge is -2.32. The van der Waals surface area contributed by atoms with Crippen molar-refractivity contribution in [3.63, 3.8) is 0 Å². The third kappa shape index (κ3) is 5.62. The molecule has 2 aliphatic heterocycles. The SMILES string of the molecule is CC(C)(C)OC(=O)N1CCC[C@H]1c1cc(-c2cnc(N)c(-c3ccnc(F)c3)n2)ccc1C1CCOCC1. The van der Waals surface area contributed by atoms with Crippen LogP contribution in [0.15, 0.2) is 42.7 Å². The van der Waals surface area contributed by atoms with Crippen LogP contribution in [0, 0.1) is 5.95 Å². The zero-order valence-electron chi connectivity index (χ0n) is 22.1. The number of nitrogen functional groups attached to an aromatic ring is 1. The first kappa shape index (κ1) is 26.0. The van der Waals surface area contributed by atoms with Crippen LogP contribution >= 0.6 is 0 Å². The number of rotatable bonds is 4. The normalized spacial score (nSPS) is 18.5. The number of carbonyl (C=O) groups is 1. The minimum Gasteiger partial charge on any atom is -0.444 e. The van der Waals surface area contributed by atoms with E-state index in [0.29, 0.717) is 29.4 Å². The predicted octanol–water partition coefficient (Wildman–Crippen LogP) is 5.89. The zero-order valence-corrected chi connectivity index (χ0v) is 22.1. The quantitative estimate of drug-likeness (QED) is 0.429. The number of benzene rings is 1. The average Bonchev–Trinajstić information content (AvgIpc) is 3.38. The van der Waals surface area contributed by atoms with E-state index in [-0.39, 0.29) is 18.0 Å². The summed E-state index contributed by atoms with van der Waals surface area (Å²) in [4.78, 5) is 27.8. The fourth-order valence-electron chi connectivity index (χ4n) is 5.33. The maximum absolute atomic E-state index is 13.8. The van der Waals surface area contributed by atoms with Crippen molar-refractivity contribution in [3.05, 3.63) is 59.8 Å². The Bertz CT molecular complexity index is 1320. The Labute approximate surface area is 222 Å². The molecule has 9 heteroatoms. The third-order valence-electron chi connectivity index (χ3n) is 7.08. The van der Waals surface area contributed by atoms with Gasteiger partial charge >= 0.3 is 6.09 Å². The van der Waals surface area contributed by atoms with E-state index in [1.807, 2.05) is 31.7 Å². The lowest BCUT2D eigenvalue weighted by atomic mass is 9.84. The molecule has 0 aliphatic carbocycles. The molecule has 0 radical (unpaired) electrons. The molecule has 5 rings (SSSR count). The van der Waals surface area contributed by atoms with Crippen molar-refractivity contribution in [1.29, 1.82) is 0 Å². The van der Waals surface area contributed by atoms with Gasteiger partial charge in [0.25, 0.3) is 0 Å². The topological polar surface area (TPSA) is 103 Å². The van der Waals surface area contributed by atoms with Gasteiger partial charge in [-0.1, -0.05) is 12.1 Å². The molecule has 8 nitrogen and oxygen atoms in total. The molecular weight excluding hydrogens is 485 g/mol. The number of aromatic nitrogens is 3. The maximum atomic E-state index is 13.8. The number of hydrogen-bond acceptors (Lipinski definition) is 7. The summed E-state index contributed by atoms with van der Waals surface area (Å²) in [5.41, 5.74) is 10.3. The molecule has 2 aromatic heterocycles. The van der Waals surface area contributed by atoms with E-state index in [0.717, 1.165) is 50.0 Å². The molecular formula is C29H34FN5O3. The van der Waals surface area contributed by atoms with E-state index < -0.39 is 11.5 Å². The second kappa shape index (κ2) is 10.6. The van der Waals surface area contributed by atoms with E-state index in [1.54, 1.807) is 12.3 Å². The Hall–Kier alpha value is -3.59. The van der Waals surface area contributed by atoms with Gasteiger partial charge in [-0.2, -0.15) is 4.39 Å². The Balaban J connectivity index is 1.56. The van der Waals surface area contributed by atoms with Crippen molar-refractivity contribution in [1.82, 2.24) is 19.9 Å². The molecule has 2 saturated heterocycles. The number of halogens is 1. The van der Waals surface area contributed by atoms with E-state index in [2.05, 4.69) is 22.1 Å². The van der Waals surface area contributed by atoms with Gasteiger partial charge in [-0.25, -0.2) is 19.7 Å². The number of nitrogens with zero attached hydrogens (tertiary/aromatic N) is 4. The van der Waals surface area contributed by atoms with Crippen LogP contribution in [0.3, 0.4) is 0 Å². The van der Waals surface area contributed by atoms with Gasteiger partial charge in [-0.15, -0.1) is 0 Å². The Morgan fingerprint density at radius 2 is 1.87 bits per heavy atom. The highest BCUT2D eigenvalue weighted by atomic mass is 19.1. The summed E-state index contributed by atoms with van der Waals surface area (Å²) in [6, 6.07) is 9.16. The average molecular weight is 520 g/mol. The van der Waals surface area contributed by atoms with E-state index in [4.69, 9.17) is 20.2 Å². The van der Waals surface area contributed by atoms with E-state index >= 15 is 0 Å². The largest absolute Gasteiger partial charge is 0.444 e. The van der Waals surface area contributed by atoms with Gasteiger partial charge in [0, 0.05) is 43.1 Å². The lowest BCUT2D eigenvalue weighted by molar-refractivity contribution is 0.0222. The number of carbonyl (C=O) groups excluding carboxylic acids is 1. The minimum atomic E-state index is -0.610. The molecule has 2 aliphatic rings. The number of anilines is 1. The van der Waals surface area contributed by atoms with Crippen LogP contribution in [0.2, 0.25) is 0 Å².